The Morgan fingerprint density at radius 1 is 1.03 bits per heavy atom. The summed E-state index contributed by atoms with van der Waals surface area (Å²) in [5.74, 6) is -0.528. The van der Waals surface area contributed by atoms with Crippen molar-refractivity contribution in [2.75, 3.05) is 38.4 Å². The van der Waals surface area contributed by atoms with E-state index < -0.39 is 0 Å². The Hall–Kier alpha value is -2.88. The molecule has 0 fully saturated rings. The van der Waals surface area contributed by atoms with Gasteiger partial charge in [-0.1, -0.05) is 12.1 Å². The molecule has 1 N–H and O–H groups in total. The van der Waals surface area contributed by atoms with Gasteiger partial charge >= 0.3 is 6.03 Å². The Morgan fingerprint density at radius 2 is 1.74 bits per heavy atom. The lowest BCUT2D eigenvalue weighted by Gasteiger charge is -2.28. The molecule has 0 atom stereocenters. The van der Waals surface area contributed by atoms with Gasteiger partial charge in [0.2, 0.25) is 5.91 Å². The van der Waals surface area contributed by atoms with Gasteiger partial charge in [0, 0.05) is 35.7 Å². The summed E-state index contributed by atoms with van der Waals surface area (Å²) < 4.78 is 18.6. The van der Waals surface area contributed by atoms with Crippen molar-refractivity contribution in [3.05, 3.63) is 81.8 Å². The van der Waals surface area contributed by atoms with Gasteiger partial charge in [-0.15, -0.1) is 23.1 Å². The zero-order valence-corrected chi connectivity index (χ0v) is 21.8. The van der Waals surface area contributed by atoms with E-state index in [1.54, 1.807) is 47.2 Å². The van der Waals surface area contributed by atoms with E-state index in [0.717, 1.165) is 20.9 Å². The summed E-state index contributed by atoms with van der Waals surface area (Å²) in [5.41, 5.74) is 2.57. The number of thioether (sulfide) groups is 1. The monoisotopic (exact) mass is 515 g/mol. The summed E-state index contributed by atoms with van der Waals surface area (Å²) in [6.45, 7) is 3.19. The van der Waals surface area contributed by atoms with Crippen LogP contribution in [0, 0.1) is 12.7 Å². The van der Waals surface area contributed by atoms with Crippen molar-refractivity contribution in [1.29, 1.82) is 0 Å². The summed E-state index contributed by atoms with van der Waals surface area (Å²) in [4.78, 5) is 31.8. The fourth-order valence-electron chi connectivity index (χ4n) is 3.38. The van der Waals surface area contributed by atoms with E-state index in [-0.39, 0.29) is 30.8 Å². The molecule has 1 aromatic heterocycles. The molecule has 3 aromatic rings. The van der Waals surface area contributed by atoms with Gasteiger partial charge in [-0.2, -0.15) is 0 Å². The molecular formula is C26H30FN3O3S2. The van der Waals surface area contributed by atoms with E-state index in [4.69, 9.17) is 4.74 Å². The van der Waals surface area contributed by atoms with Crippen LogP contribution >= 0.6 is 23.1 Å². The predicted molar refractivity (Wildman–Crippen MR) is 140 cm³/mol. The molecule has 0 aliphatic carbocycles. The molecule has 0 unspecified atom stereocenters. The van der Waals surface area contributed by atoms with E-state index in [9.17, 15) is 14.0 Å². The molecule has 0 saturated carbocycles. The van der Waals surface area contributed by atoms with Crippen LogP contribution < -0.4 is 5.32 Å². The average molecular weight is 516 g/mol. The van der Waals surface area contributed by atoms with Crippen molar-refractivity contribution in [3.63, 3.8) is 0 Å². The first kappa shape index (κ1) is 26.7. The highest BCUT2D eigenvalue weighted by atomic mass is 32.2. The Balaban J connectivity index is 1.75. The minimum Gasteiger partial charge on any atom is -0.383 e. The number of hydrogen-bond donors (Lipinski definition) is 1. The zero-order valence-electron chi connectivity index (χ0n) is 20.1. The highest BCUT2D eigenvalue weighted by Gasteiger charge is 2.23. The van der Waals surface area contributed by atoms with Gasteiger partial charge < -0.3 is 19.9 Å². The van der Waals surface area contributed by atoms with Crippen LogP contribution in [0.1, 0.15) is 16.0 Å². The summed E-state index contributed by atoms with van der Waals surface area (Å²) in [6, 6.07) is 15.3. The number of amides is 3. The number of nitrogens with one attached hydrogen (secondary N) is 1. The number of urea groups is 1. The lowest BCUT2D eigenvalue weighted by atomic mass is 10.2. The number of carbonyl (C=O) groups excluding carboxylic acids is 2. The number of thiophene rings is 1. The van der Waals surface area contributed by atoms with Crippen LogP contribution in [0.4, 0.5) is 14.9 Å². The van der Waals surface area contributed by atoms with Gasteiger partial charge in [0.05, 0.1) is 13.2 Å². The number of nitrogens with zero attached hydrogens (tertiary/aromatic N) is 2. The number of benzene rings is 2. The standard InChI is InChI=1S/C26H30FN3O3S2/c1-19-12-15-35-24(19)17-30(16-20-4-6-21(27)7-5-20)25(31)18-29(13-14-33-2)26(32)28-22-8-10-23(34-3)11-9-22/h4-12,15H,13-14,16-18H2,1-3H3,(H,28,32). The molecule has 3 rings (SSSR count). The number of anilines is 1. The topological polar surface area (TPSA) is 61.9 Å². The van der Waals surface area contributed by atoms with Crippen molar-refractivity contribution in [2.24, 2.45) is 0 Å². The smallest absolute Gasteiger partial charge is 0.322 e. The van der Waals surface area contributed by atoms with Crippen LogP contribution in [0.2, 0.25) is 0 Å². The van der Waals surface area contributed by atoms with Crippen LogP contribution in [0.5, 0.6) is 0 Å². The lowest BCUT2D eigenvalue weighted by molar-refractivity contribution is -0.133. The number of halogens is 1. The van der Waals surface area contributed by atoms with E-state index in [0.29, 0.717) is 25.4 Å². The quantitative estimate of drug-likeness (QED) is 0.337. The van der Waals surface area contributed by atoms with Gasteiger partial charge in [-0.3, -0.25) is 4.79 Å². The van der Waals surface area contributed by atoms with Gasteiger partial charge in [-0.25, -0.2) is 9.18 Å². The third-order valence-corrected chi connectivity index (χ3v) is 7.21. The number of methoxy groups -OCH3 is 1. The van der Waals surface area contributed by atoms with Gasteiger partial charge in [0.25, 0.3) is 0 Å². The molecule has 0 saturated heterocycles. The second kappa shape index (κ2) is 13.3. The molecule has 1 heterocycles. The van der Waals surface area contributed by atoms with Crippen LogP contribution in [0.3, 0.4) is 0 Å². The maximum atomic E-state index is 13.5. The molecule has 0 aliphatic heterocycles. The van der Waals surface area contributed by atoms with E-state index >= 15 is 0 Å². The van der Waals surface area contributed by atoms with E-state index in [1.165, 1.54) is 17.0 Å². The zero-order chi connectivity index (χ0) is 25.2. The van der Waals surface area contributed by atoms with Crippen molar-refractivity contribution in [2.45, 2.75) is 24.9 Å². The molecule has 0 spiro atoms. The Morgan fingerprint density at radius 3 is 2.34 bits per heavy atom. The van der Waals surface area contributed by atoms with Gasteiger partial charge in [-0.05, 0) is 72.2 Å². The van der Waals surface area contributed by atoms with Gasteiger partial charge in [0.1, 0.15) is 12.4 Å². The van der Waals surface area contributed by atoms with Crippen molar-refractivity contribution in [1.82, 2.24) is 9.80 Å². The highest BCUT2D eigenvalue weighted by molar-refractivity contribution is 7.98. The first-order valence-corrected chi connectivity index (χ1v) is 13.2. The van der Waals surface area contributed by atoms with Crippen LogP contribution in [0.25, 0.3) is 0 Å². The minimum absolute atomic E-state index is 0.107. The Bertz CT molecular complexity index is 1100. The second-order valence-corrected chi connectivity index (χ2v) is 9.86. The number of ether oxygens (including phenoxy) is 1. The second-order valence-electron chi connectivity index (χ2n) is 7.98. The van der Waals surface area contributed by atoms with E-state index in [2.05, 4.69) is 5.32 Å². The molecule has 0 bridgehead atoms. The van der Waals surface area contributed by atoms with Gasteiger partial charge in [0.15, 0.2) is 0 Å². The molecule has 6 nitrogen and oxygen atoms in total. The fourth-order valence-corrected chi connectivity index (χ4v) is 4.70. The lowest BCUT2D eigenvalue weighted by Crippen LogP contribution is -2.45. The first-order valence-electron chi connectivity index (χ1n) is 11.1. The molecule has 35 heavy (non-hydrogen) atoms. The summed E-state index contributed by atoms with van der Waals surface area (Å²) in [7, 11) is 1.56. The van der Waals surface area contributed by atoms with E-state index in [1.807, 2.05) is 48.9 Å². The SMILES string of the molecule is COCCN(CC(=O)N(Cc1ccc(F)cc1)Cc1sccc1C)C(=O)Nc1ccc(SC)cc1. The summed E-state index contributed by atoms with van der Waals surface area (Å²) in [6.07, 6.45) is 1.99. The number of hydrogen-bond acceptors (Lipinski definition) is 5. The molecular weight excluding hydrogens is 485 g/mol. The van der Waals surface area contributed by atoms with Crippen LogP contribution in [-0.4, -0.2) is 54.8 Å². The third kappa shape index (κ3) is 8.09. The highest BCUT2D eigenvalue weighted by Crippen LogP contribution is 2.21. The van der Waals surface area contributed by atoms with Crippen molar-refractivity contribution < 1.29 is 18.7 Å². The molecule has 3 amide bonds. The molecule has 2 aromatic carbocycles. The average Bonchev–Trinajstić information content (AvgIpc) is 3.27. The largest absolute Gasteiger partial charge is 0.383 e. The summed E-state index contributed by atoms with van der Waals surface area (Å²) in [5, 5.41) is 4.86. The number of carbonyl (C=O) groups is 2. The molecule has 0 aliphatic rings. The van der Waals surface area contributed by atoms with Crippen LogP contribution in [0.15, 0.2) is 64.9 Å². The Labute approximate surface area is 214 Å². The number of aryl methyl sites for hydroxylation is 1. The normalized spacial score (nSPS) is 10.7. The molecule has 9 heteroatoms. The maximum Gasteiger partial charge on any atom is 0.322 e. The van der Waals surface area contributed by atoms with Crippen molar-refractivity contribution >= 4 is 40.7 Å². The van der Waals surface area contributed by atoms with Crippen molar-refractivity contribution in [3.8, 4) is 0 Å². The molecule has 186 valence electrons. The summed E-state index contributed by atoms with van der Waals surface area (Å²) >= 11 is 3.20. The fraction of sp³-hybridized carbons (Fsp3) is 0.308. The van der Waals surface area contributed by atoms with Crippen LogP contribution in [-0.2, 0) is 22.6 Å². The maximum absolute atomic E-state index is 13.5. The molecule has 0 radical (unpaired) electrons. The predicted octanol–water partition coefficient (Wildman–Crippen LogP) is 5.63. The number of rotatable bonds is 11. The Kier molecular flexibility index (Phi) is 10.1. The third-order valence-electron chi connectivity index (χ3n) is 5.46. The minimum atomic E-state index is -0.374. The first-order chi connectivity index (χ1) is 16.9.